The average molecular weight is 242 g/mol. The van der Waals surface area contributed by atoms with Crippen molar-refractivity contribution < 1.29 is 0 Å². The molecule has 1 heterocycles. The molecule has 0 radical (unpaired) electrons. The van der Waals surface area contributed by atoms with Crippen molar-refractivity contribution in [2.24, 2.45) is 5.73 Å². The quantitative estimate of drug-likeness (QED) is 0.894. The van der Waals surface area contributed by atoms with Crippen LogP contribution in [0.3, 0.4) is 0 Å². The standard InChI is InChI=1S/C15H18N2O/c1-11-7-15(18)8-12(2)17(11)10-14-5-3-13(9-16)4-6-14/h3-8H,9-10,16H2,1-2H3. The van der Waals surface area contributed by atoms with Crippen LogP contribution >= 0.6 is 0 Å². The topological polar surface area (TPSA) is 48.0 Å². The Morgan fingerprint density at radius 3 is 2.00 bits per heavy atom. The second-order valence-electron chi connectivity index (χ2n) is 4.58. The molecule has 3 nitrogen and oxygen atoms in total. The molecule has 0 bridgehead atoms. The summed E-state index contributed by atoms with van der Waals surface area (Å²) in [4.78, 5) is 11.4. The van der Waals surface area contributed by atoms with E-state index in [1.807, 2.05) is 26.0 Å². The molecule has 0 saturated heterocycles. The summed E-state index contributed by atoms with van der Waals surface area (Å²) in [5, 5.41) is 0. The predicted molar refractivity (Wildman–Crippen MR) is 73.6 cm³/mol. The van der Waals surface area contributed by atoms with E-state index < -0.39 is 0 Å². The Hall–Kier alpha value is -1.87. The first-order valence-electron chi connectivity index (χ1n) is 6.06. The van der Waals surface area contributed by atoms with Crippen LogP contribution in [0.5, 0.6) is 0 Å². The normalized spacial score (nSPS) is 10.6. The van der Waals surface area contributed by atoms with Crippen LogP contribution in [0.1, 0.15) is 22.5 Å². The van der Waals surface area contributed by atoms with Crippen LogP contribution in [0.15, 0.2) is 41.2 Å². The van der Waals surface area contributed by atoms with Gasteiger partial charge in [0.25, 0.3) is 0 Å². The van der Waals surface area contributed by atoms with E-state index in [-0.39, 0.29) is 5.43 Å². The summed E-state index contributed by atoms with van der Waals surface area (Å²) in [5.74, 6) is 0. The molecule has 0 saturated carbocycles. The summed E-state index contributed by atoms with van der Waals surface area (Å²) < 4.78 is 2.14. The Bertz CT molecular complexity index is 571. The molecule has 0 unspecified atom stereocenters. The molecule has 0 spiro atoms. The fourth-order valence-corrected chi connectivity index (χ4v) is 2.10. The second-order valence-corrected chi connectivity index (χ2v) is 4.58. The van der Waals surface area contributed by atoms with Gasteiger partial charge >= 0.3 is 0 Å². The van der Waals surface area contributed by atoms with Crippen molar-refractivity contribution in [3.05, 3.63) is 69.1 Å². The zero-order chi connectivity index (χ0) is 13.1. The van der Waals surface area contributed by atoms with Gasteiger partial charge in [0.2, 0.25) is 0 Å². The molecule has 1 aromatic carbocycles. The Morgan fingerprint density at radius 2 is 1.50 bits per heavy atom. The number of hydrogen-bond acceptors (Lipinski definition) is 2. The molecular weight excluding hydrogens is 224 g/mol. The number of nitrogens with two attached hydrogens (primary N) is 1. The van der Waals surface area contributed by atoms with E-state index in [2.05, 4.69) is 16.7 Å². The van der Waals surface area contributed by atoms with E-state index in [0.717, 1.165) is 23.5 Å². The largest absolute Gasteiger partial charge is 0.345 e. The van der Waals surface area contributed by atoms with Gasteiger partial charge in [-0.2, -0.15) is 0 Å². The molecule has 2 N–H and O–H groups in total. The number of pyridine rings is 1. The van der Waals surface area contributed by atoms with Crippen molar-refractivity contribution in [2.75, 3.05) is 0 Å². The molecule has 0 aliphatic rings. The van der Waals surface area contributed by atoms with Crippen LogP contribution in [-0.2, 0) is 13.1 Å². The van der Waals surface area contributed by atoms with E-state index in [0.29, 0.717) is 6.54 Å². The summed E-state index contributed by atoms with van der Waals surface area (Å²) in [7, 11) is 0. The van der Waals surface area contributed by atoms with Crippen LogP contribution in [-0.4, -0.2) is 4.57 Å². The summed E-state index contributed by atoms with van der Waals surface area (Å²) in [6.07, 6.45) is 0. The van der Waals surface area contributed by atoms with E-state index in [1.165, 1.54) is 5.56 Å². The van der Waals surface area contributed by atoms with Gasteiger partial charge in [0.1, 0.15) is 0 Å². The molecular formula is C15H18N2O. The lowest BCUT2D eigenvalue weighted by Crippen LogP contribution is -2.13. The van der Waals surface area contributed by atoms with Gasteiger partial charge in [0, 0.05) is 36.6 Å². The maximum Gasteiger partial charge on any atom is 0.182 e. The van der Waals surface area contributed by atoms with E-state index in [4.69, 9.17) is 5.73 Å². The van der Waals surface area contributed by atoms with Gasteiger partial charge in [-0.1, -0.05) is 24.3 Å². The number of benzene rings is 1. The smallest absolute Gasteiger partial charge is 0.182 e. The Labute approximate surface area is 107 Å². The molecule has 3 heteroatoms. The highest BCUT2D eigenvalue weighted by Gasteiger charge is 2.02. The molecule has 2 rings (SSSR count). The lowest BCUT2D eigenvalue weighted by Gasteiger charge is -2.14. The van der Waals surface area contributed by atoms with Gasteiger partial charge in [-0.3, -0.25) is 4.79 Å². The van der Waals surface area contributed by atoms with E-state index in [9.17, 15) is 4.79 Å². The predicted octanol–water partition coefficient (Wildman–Crippen LogP) is 1.97. The summed E-state index contributed by atoms with van der Waals surface area (Å²) >= 11 is 0. The minimum Gasteiger partial charge on any atom is -0.345 e. The second kappa shape index (κ2) is 5.19. The highest BCUT2D eigenvalue weighted by atomic mass is 16.1. The third-order valence-electron chi connectivity index (χ3n) is 3.15. The minimum absolute atomic E-state index is 0.0692. The monoisotopic (exact) mass is 242 g/mol. The first kappa shape index (κ1) is 12.6. The van der Waals surface area contributed by atoms with Gasteiger partial charge in [-0.05, 0) is 25.0 Å². The van der Waals surface area contributed by atoms with Crippen molar-refractivity contribution in [2.45, 2.75) is 26.9 Å². The first-order valence-corrected chi connectivity index (χ1v) is 6.06. The number of aromatic nitrogens is 1. The molecule has 18 heavy (non-hydrogen) atoms. The zero-order valence-corrected chi connectivity index (χ0v) is 10.8. The number of hydrogen-bond donors (Lipinski definition) is 1. The summed E-state index contributed by atoms with van der Waals surface area (Å²) in [6, 6.07) is 11.6. The molecule has 1 aromatic heterocycles. The van der Waals surface area contributed by atoms with Crippen molar-refractivity contribution >= 4 is 0 Å². The van der Waals surface area contributed by atoms with Crippen molar-refractivity contribution in [1.82, 2.24) is 4.57 Å². The molecule has 0 aliphatic heterocycles. The Balaban J connectivity index is 2.31. The number of nitrogens with zero attached hydrogens (tertiary/aromatic N) is 1. The van der Waals surface area contributed by atoms with Gasteiger partial charge in [0.05, 0.1) is 0 Å². The minimum atomic E-state index is 0.0692. The fourth-order valence-electron chi connectivity index (χ4n) is 2.10. The van der Waals surface area contributed by atoms with Crippen LogP contribution in [0.4, 0.5) is 0 Å². The van der Waals surface area contributed by atoms with E-state index >= 15 is 0 Å². The summed E-state index contributed by atoms with van der Waals surface area (Å²) in [6.45, 7) is 5.27. The molecule has 94 valence electrons. The molecule has 0 atom stereocenters. The summed E-state index contributed by atoms with van der Waals surface area (Å²) in [5.41, 5.74) is 9.97. The van der Waals surface area contributed by atoms with Crippen LogP contribution < -0.4 is 11.2 Å². The molecule has 0 fully saturated rings. The van der Waals surface area contributed by atoms with E-state index in [1.54, 1.807) is 12.1 Å². The number of aryl methyl sites for hydroxylation is 2. The maximum absolute atomic E-state index is 11.4. The lowest BCUT2D eigenvalue weighted by atomic mass is 10.1. The highest BCUT2D eigenvalue weighted by molar-refractivity contribution is 5.24. The first-order chi connectivity index (χ1) is 8.60. The number of rotatable bonds is 3. The average Bonchev–Trinajstić information content (AvgIpc) is 2.34. The van der Waals surface area contributed by atoms with Crippen molar-refractivity contribution in [1.29, 1.82) is 0 Å². The van der Waals surface area contributed by atoms with Gasteiger partial charge in [0.15, 0.2) is 5.43 Å². The Kier molecular flexibility index (Phi) is 3.63. The SMILES string of the molecule is Cc1cc(=O)cc(C)n1Cc1ccc(CN)cc1. The van der Waals surface area contributed by atoms with Crippen LogP contribution in [0, 0.1) is 13.8 Å². The lowest BCUT2D eigenvalue weighted by molar-refractivity contribution is 0.727. The van der Waals surface area contributed by atoms with Gasteiger partial charge < -0.3 is 10.3 Å². The third kappa shape index (κ3) is 2.68. The molecule has 0 aliphatic carbocycles. The maximum atomic E-state index is 11.4. The van der Waals surface area contributed by atoms with Gasteiger partial charge in [-0.25, -0.2) is 0 Å². The van der Waals surface area contributed by atoms with Crippen LogP contribution in [0.2, 0.25) is 0 Å². The molecule has 2 aromatic rings. The van der Waals surface area contributed by atoms with Crippen LogP contribution in [0.25, 0.3) is 0 Å². The van der Waals surface area contributed by atoms with Gasteiger partial charge in [-0.15, -0.1) is 0 Å². The molecule has 0 amide bonds. The Morgan fingerprint density at radius 1 is 1.00 bits per heavy atom. The third-order valence-corrected chi connectivity index (χ3v) is 3.15. The van der Waals surface area contributed by atoms with Crippen molar-refractivity contribution in [3.63, 3.8) is 0 Å². The van der Waals surface area contributed by atoms with Crippen molar-refractivity contribution in [3.8, 4) is 0 Å². The highest BCUT2D eigenvalue weighted by Crippen LogP contribution is 2.09. The zero-order valence-electron chi connectivity index (χ0n) is 10.8. The fraction of sp³-hybridized carbons (Fsp3) is 0.267.